The largest absolute Gasteiger partial charge is 0.504 e. The number of carbonyl (C=O) groups is 2. The van der Waals surface area contributed by atoms with Crippen molar-refractivity contribution in [3.05, 3.63) is 56.9 Å². The lowest BCUT2D eigenvalue weighted by molar-refractivity contribution is -0.123. The highest BCUT2D eigenvalue weighted by molar-refractivity contribution is 9.10. The molecule has 1 heterocycles. The zero-order valence-corrected chi connectivity index (χ0v) is 17.7. The van der Waals surface area contributed by atoms with Gasteiger partial charge in [-0.2, -0.15) is 0 Å². The molecule has 0 radical (unpaired) electrons. The van der Waals surface area contributed by atoms with Crippen molar-refractivity contribution in [2.45, 2.75) is 6.92 Å². The number of aryl methyl sites for hydroxylation is 1. The third-order valence-electron chi connectivity index (χ3n) is 4.03. The number of halogens is 1. The van der Waals surface area contributed by atoms with Gasteiger partial charge in [0.2, 0.25) is 0 Å². The van der Waals surface area contributed by atoms with Crippen LogP contribution in [0.3, 0.4) is 0 Å². The molecule has 1 fully saturated rings. The number of thioether (sulfide) groups is 1. The summed E-state index contributed by atoms with van der Waals surface area (Å²) in [5.74, 6) is 0.581. The van der Waals surface area contributed by atoms with E-state index in [1.165, 1.54) is 13.2 Å². The maximum absolute atomic E-state index is 12.6. The van der Waals surface area contributed by atoms with E-state index in [0.717, 1.165) is 22.2 Å². The third kappa shape index (κ3) is 4.51. The van der Waals surface area contributed by atoms with Crippen LogP contribution in [0.5, 0.6) is 17.2 Å². The lowest BCUT2D eigenvalue weighted by atomic mass is 10.2. The zero-order valence-electron chi connectivity index (χ0n) is 15.3. The van der Waals surface area contributed by atoms with Gasteiger partial charge < -0.3 is 14.6 Å². The maximum atomic E-state index is 12.6. The molecule has 1 saturated heterocycles. The topological polar surface area (TPSA) is 76.1 Å². The minimum absolute atomic E-state index is 0.0204. The first kappa shape index (κ1) is 20.3. The molecular weight excluding hydrogens is 446 g/mol. The molecule has 2 amide bonds. The van der Waals surface area contributed by atoms with Gasteiger partial charge in [0.25, 0.3) is 11.1 Å². The van der Waals surface area contributed by atoms with E-state index < -0.39 is 0 Å². The molecule has 0 saturated carbocycles. The van der Waals surface area contributed by atoms with Gasteiger partial charge in [0.05, 0.1) is 18.6 Å². The number of amides is 2. The number of nitrogens with zero attached hydrogens (tertiary/aromatic N) is 1. The standard InChI is InChI=1S/C20H18BrNO5S/c1-12-4-3-5-14(8-12)27-7-6-22-19(24)18(28-20(22)25)10-13-9-17(26-2)16(23)11-15(13)21/h3-5,8-11,23H,6-7H2,1-2H3/b18-10-. The number of imide groups is 1. The number of benzene rings is 2. The molecule has 0 atom stereocenters. The fourth-order valence-electron chi connectivity index (χ4n) is 2.63. The van der Waals surface area contributed by atoms with E-state index in [9.17, 15) is 14.7 Å². The van der Waals surface area contributed by atoms with E-state index in [2.05, 4.69) is 15.9 Å². The Morgan fingerprint density at radius 2 is 2.04 bits per heavy atom. The third-order valence-corrected chi connectivity index (χ3v) is 5.63. The van der Waals surface area contributed by atoms with Crippen molar-refractivity contribution in [2.24, 2.45) is 0 Å². The van der Waals surface area contributed by atoms with Crippen LogP contribution in [0.1, 0.15) is 11.1 Å². The van der Waals surface area contributed by atoms with Gasteiger partial charge >= 0.3 is 0 Å². The number of aromatic hydroxyl groups is 1. The predicted octanol–water partition coefficient (Wildman–Crippen LogP) is 4.59. The van der Waals surface area contributed by atoms with Crippen molar-refractivity contribution in [3.8, 4) is 17.2 Å². The smallest absolute Gasteiger partial charge is 0.293 e. The number of rotatable bonds is 6. The van der Waals surface area contributed by atoms with E-state index in [0.29, 0.717) is 20.7 Å². The summed E-state index contributed by atoms with van der Waals surface area (Å²) in [6.45, 7) is 2.34. The highest BCUT2D eigenvalue weighted by atomic mass is 79.9. The normalized spacial score (nSPS) is 15.4. The second-order valence-corrected chi connectivity index (χ2v) is 7.89. The number of hydrogen-bond acceptors (Lipinski definition) is 6. The first-order valence-corrected chi connectivity index (χ1v) is 10.0. The monoisotopic (exact) mass is 463 g/mol. The van der Waals surface area contributed by atoms with Crippen molar-refractivity contribution in [3.63, 3.8) is 0 Å². The maximum Gasteiger partial charge on any atom is 0.293 e. The summed E-state index contributed by atoms with van der Waals surface area (Å²) in [5.41, 5.74) is 1.69. The van der Waals surface area contributed by atoms with E-state index in [1.54, 1.807) is 12.1 Å². The van der Waals surface area contributed by atoms with Crippen molar-refractivity contribution in [1.82, 2.24) is 4.90 Å². The van der Waals surface area contributed by atoms with Crippen LogP contribution in [0, 0.1) is 6.92 Å². The van der Waals surface area contributed by atoms with Crippen molar-refractivity contribution in [1.29, 1.82) is 0 Å². The minimum atomic E-state index is -0.373. The molecule has 3 rings (SSSR count). The molecule has 0 spiro atoms. The van der Waals surface area contributed by atoms with Crippen LogP contribution in [-0.2, 0) is 4.79 Å². The minimum Gasteiger partial charge on any atom is -0.504 e. The summed E-state index contributed by atoms with van der Waals surface area (Å²) in [4.78, 5) is 26.3. The van der Waals surface area contributed by atoms with Crippen LogP contribution < -0.4 is 9.47 Å². The Morgan fingerprint density at radius 3 is 2.75 bits per heavy atom. The van der Waals surface area contributed by atoms with Crippen molar-refractivity contribution >= 4 is 44.9 Å². The van der Waals surface area contributed by atoms with Gasteiger partial charge in [-0.3, -0.25) is 14.5 Å². The van der Waals surface area contributed by atoms with Crippen LogP contribution in [0.2, 0.25) is 0 Å². The van der Waals surface area contributed by atoms with Gasteiger partial charge in [0.1, 0.15) is 12.4 Å². The van der Waals surface area contributed by atoms with Gasteiger partial charge in [-0.05, 0) is 60.2 Å². The molecule has 146 valence electrons. The Kier molecular flexibility index (Phi) is 6.31. The molecule has 1 N–H and O–H groups in total. The summed E-state index contributed by atoms with van der Waals surface area (Å²) in [6, 6.07) is 10.6. The Balaban J connectivity index is 1.70. The van der Waals surface area contributed by atoms with Gasteiger partial charge in [0.15, 0.2) is 11.5 Å². The Morgan fingerprint density at radius 1 is 1.25 bits per heavy atom. The average Bonchev–Trinajstić information content (AvgIpc) is 2.91. The van der Waals surface area contributed by atoms with E-state index in [1.807, 2.05) is 31.2 Å². The first-order chi connectivity index (χ1) is 13.4. The molecule has 1 aliphatic heterocycles. The molecular formula is C20H18BrNO5S. The van der Waals surface area contributed by atoms with Crippen molar-refractivity contribution < 1.29 is 24.2 Å². The van der Waals surface area contributed by atoms with Crippen molar-refractivity contribution in [2.75, 3.05) is 20.3 Å². The fraction of sp³-hybridized carbons (Fsp3) is 0.200. The lowest BCUT2D eigenvalue weighted by Crippen LogP contribution is -2.32. The summed E-state index contributed by atoms with van der Waals surface area (Å²) in [5, 5.41) is 9.46. The predicted molar refractivity (Wildman–Crippen MR) is 112 cm³/mol. The van der Waals surface area contributed by atoms with E-state index in [-0.39, 0.29) is 35.8 Å². The van der Waals surface area contributed by atoms with Gasteiger partial charge in [-0.25, -0.2) is 0 Å². The van der Waals surface area contributed by atoms with Crippen LogP contribution in [-0.4, -0.2) is 41.4 Å². The molecule has 2 aromatic rings. The van der Waals surface area contributed by atoms with Crippen LogP contribution in [0.15, 0.2) is 45.8 Å². The number of phenols is 1. The molecule has 0 unspecified atom stereocenters. The highest BCUT2D eigenvalue weighted by Crippen LogP contribution is 2.37. The summed E-state index contributed by atoms with van der Waals surface area (Å²) in [7, 11) is 1.44. The molecule has 6 nitrogen and oxygen atoms in total. The van der Waals surface area contributed by atoms with E-state index in [4.69, 9.17) is 9.47 Å². The van der Waals surface area contributed by atoms with Crippen LogP contribution in [0.4, 0.5) is 4.79 Å². The first-order valence-electron chi connectivity index (χ1n) is 8.40. The SMILES string of the molecule is COc1cc(/C=C2\SC(=O)N(CCOc3cccc(C)c3)C2=O)c(Br)cc1O. The number of carbonyl (C=O) groups excluding carboxylic acids is 2. The quantitative estimate of drug-likeness (QED) is 0.631. The zero-order chi connectivity index (χ0) is 20.3. The Labute approximate surface area is 175 Å². The summed E-state index contributed by atoms with van der Waals surface area (Å²) < 4.78 is 11.3. The number of methoxy groups -OCH3 is 1. The number of ether oxygens (including phenoxy) is 2. The van der Waals surface area contributed by atoms with Crippen LogP contribution >= 0.6 is 27.7 Å². The van der Waals surface area contributed by atoms with E-state index >= 15 is 0 Å². The van der Waals surface area contributed by atoms with Gasteiger partial charge in [-0.15, -0.1) is 0 Å². The lowest BCUT2D eigenvalue weighted by Gasteiger charge is -2.13. The summed E-state index contributed by atoms with van der Waals surface area (Å²) in [6.07, 6.45) is 1.60. The molecule has 2 aromatic carbocycles. The number of hydrogen-bond donors (Lipinski definition) is 1. The Bertz CT molecular complexity index is 960. The molecule has 1 aliphatic rings. The molecule has 0 aliphatic carbocycles. The van der Waals surface area contributed by atoms with Gasteiger partial charge in [0, 0.05) is 4.47 Å². The molecule has 0 bridgehead atoms. The second-order valence-electron chi connectivity index (χ2n) is 6.04. The average molecular weight is 464 g/mol. The second kappa shape index (κ2) is 8.70. The van der Waals surface area contributed by atoms with Crippen LogP contribution in [0.25, 0.3) is 6.08 Å². The Hall–Kier alpha value is -2.45. The molecule has 28 heavy (non-hydrogen) atoms. The number of phenolic OH excluding ortho intramolecular Hbond substituents is 1. The van der Waals surface area contributed by atoms with Gasteiger partial charge in [-0.1, -0.05) is 28.1 Å². The fourth-order valence-corrected chi connectivity index (χ4v) is 3.93. The molecule has 8 heteroatoms. The molecule has 0 aromatic heterocycles. The summed E-state index contributed by atoms with van der Waals surface area (Å²) >= 11 is 4.21. The highest BCUT2D eigenvalue weighted by Gasteiger charge is 2.35.